The number of nitrogens with one attached hydrogen (secondary N) is 1. The Morgan fingerprint density at radius 2 is 1.96 bits per heavy atom. The number of hydrogen-bond acceptors (Lipinski definition) is 4. The standard InChI is InChI=1S/C20H32N4O2/c1-21-20(25)19-17-13-16(23-9-11-26-12-10-23)7-8-18(17)24(22-19)14-15-5-3-2-4-6-15/h15-16H,2-14H2,1H3,(H,21,25). The Morgan fingerprint density at radius 1 is 1.19 bits per heavy atom. The third kappa shape index (κ3) is 3.67. The summed E-state index contributed by atoms with van der Waals surface area (Å²) >= 11 is 0. The van der Waals surface area contributed by atoms with Crippen LogP contribution in [0.5, 0.6) is 0 Å². The molecule has 1 aromatic rings. The molecular weight excluding hydrogens is 328 g/mol. The van der Waals surface area contributed by atoms with Gasteiger partial charge in [0.15, 0.2) is 5.69 Å². The van der Waals surface area contributed by atoms with Crippen molar-refractivity contribution in [3.8, 4) is 0 Å². The van der Waals surface area contributed by atoms with Crippen LogP contribution in [0.4, 0.5) is 0 Å². The van der Waals surface area contributed by atoms with Crippen molar-refractivity contribution in [2.24, 2.45) is 5.92 Å². The first kappa shape index (κ1) is 18.0. The Balaban J connectivity index is 1.56. The van der Waals surface area contributed by atoms with Crippen LogP contribution >= 0.6 is 0 Å². The molecule has 1 atom stereocenters. The summed E-state index contributed by atoms with van der Waals surface area (Å²) in [5.74, 6) is 0.688. The number of aromatic nitrogens is 2. The van der Waals surface area contributed by atoms with E-state index in [0.29, 0.717) is 11.7 Å². The molecule has 0 spiro atoms. The van der Waals surface area contributed by atoms with Crippen LogP contribution in [-0.2, 0) is 24.1 Å². The largest absolute Gasteiger partial charge is 0.379 e. The highest BCUT2D eigenvalue weighted by Gasteiger charge is 2.32. The molecular formula is C20H32N4O2. The molecule has 0 aromatic carbocycles. The highest BCUT2D eigenvalue weighted by Crippen LogP contribution is 2.31. The van der Waals surface area contributed by atoms with E-state index < -0.39 is 0 Å². The van der Waals surface area contributed by atoms with Gasteiger partial charge in [0, 0.05) is 44.0 Å². The van der Waals surface area contributed by atoms with Crippen LogP contribution in [0.2, 0.25) is 0 Å². The van der Waals surface area contributed by atoms with Gasteiger partial charge < -0.3 is 10.1 Å². The van der Waals surface area contributed by atoms with Crippen LogP contribution in [0.3, 0.4) is 0 Å². The second-order valence-corrected chi connectivity index (χ2v) is 8.08. The van der Waals surface area contributed by atoms with Crippen LogP contribution in [0, 0.1) is 5.92 Å². The van der Waals surface area contributed by atoms with Crippen molar-refractivity contribution >= 4 is 5.91 Å². The number of morpholine rings is 1. The molecule has 26 heavy (non-hydrogen) atoms. The lowest BCUT2D eigenvalue weighted by molar-refractivity contribution is 0.0135. The number of ether oxygens (including phenoxy) is 1. The van der Waals surface area contributed by atoms with Gasteiger partial charge in [-0.3, -0.25) is 14.4 Å². The topological polar surface area (TPSA) is 59.4 Å². The van der Waals surface area contributed by atoms with Gasteiger partial charge in [0.1, 0.15) is 0 Å². The Labute approximate surface area is 156 Å². The van der Waals surface area contributed by atoms with Gasteiger partial charge in [-0.05, 0) is 38.0 Å². The third-order valence-electron chi connectivity index (χ3n) is 6.48. The zero-order chi connectivity index (χ0) is 17.9. The molecule has 1 saturated carbocycles. The Bertz CT molecular complexity index is 630. The maximum atomic E-state index is 12.5. The molecule has 1 aromatic heterocycles. The van der Waals surface area contributed by atoms with Crippen LogP contribution < -0.4 is 5.32 Å². The van der Waals surface area contributed by atoms with Crippen molar-refractivity contribution in [2.45, 2.75) is 64.0 Å². The van der Waals surface area contributed by atoms with E-state index in [0.717, 1.165) is 58.0 Å². The minimum Gasteiger partial charge on any atom is -0.379 e. The molecule has 1 unspecified atom stereocenters. The van der Waals surface area contributed by atoms with Gasteiger partial charge in [0.2, 0.25) is 0 Å². The summed E-state index contributed by atoms with van der Waals surface area (Å²) in [6.45, 7) is 4.65. The molecule has 0 radical (unpaired) electrons. The molecule has 2 heterocycles. The fourth-order valence-corrected chi connectivity index (χ4v) is 4.99. The number of carbonyl (C=O) groups is 1. The van der Waals surface area contributed by atoms with Gasteiger partial charge in [-0.2, -0.15) is 5.10 Å². The molecule has 1 amide bonds. The van der Waals surface area contributed by atoms with Crippen molar-refractivity contribution in [1.82, 2.24) is 20.0 Å². The monoisotopic (exact) mass is 360 g/mol. The molecule has 3 aliphatic rings. The minimum absolute atomic E-state index is 0.0359. The average molecular weight is 361 g/mol. The van der Waals surface area contributed by atoms with Gasteiger partial charge in [0.05, 0.1) is 13.2 Å². The Morgan fingerprint density at radius 3 is 2.69 bits per heavy atom. The fraction of sp³-hybridized carbons (Fsp3) is 0.800. The molecule has 0 bridgehead atoms. The lowest BCUT2D eigenvalue weighted by atomic mass is 9.88. The van der Waals surface area contributed by atoms with Gasteiger partial charge in [-0.15, -0.1) is 0 Å². The summed E-state index contributed by atoms with van der Waals surface area (Å²) in [5.41, 5.74) is 3.18. The van der Waals surface area contributed by atoms with Crippen molar-refractivity contribution in [1.29, 1.82) is 0 Å². The fourth-order valence-electron chi connectivity index (χ4n) is 4.99. The molecule has 1 N–H and O–H groups in total. The average Bonchev–Trinajstić information content (AvgIpc) is 3.06. The summed E-state index contributed by atoms with van der Waals surface area (Å²) in [7, 11) is 1.71. The van der Waals surface area contributed by atoms with E-state index >= 15 is 0 Å². The molecule has 1 saturated heterocycles. The van der Waals surface area contributed by atoms with Gasteiger partial charge >= 0.3 is 0 Å². The Kier molecular flexibility index (Phi) is 5.60. The SMILES string of the molecule is CNC(=O)c1nn(CC2CCCCC2)c2c1CC(N1CCOCC1)CC2. The summed E-state index contributed by atoms with van der Waals surface area (Å²) in [6, 6.07) is 0.516. The quantitative estimate of drug-likeness (QED) is 0.892. The maximum absolute atomic E-state index is 12.5. The lowest BCUT2D eigenvalue weighted by Gasteiger charge is -2.37. The van der Waals surface area contributed by atoms with E-state index in [4.69, 9.17) is 9.84 Å². The first-order valence-electron chi connectivity index (χ1n) is 10.4. The van der Waals surface area contributed by atoms with E-state index in [-0.39, 0.29) is 5.91 Å². The van der Waals surface area contributed by atoms with Crippen molar-refractivity contribution < 1.29 is 9.53 Å². The van der Waals surface area contributed by atoms with E-state index in [1.807, 2.05) is 0 Å². The summed E-state index contributed by atoms with van der Waals surface area (Å²) in [6.07, 6.45) is 9.82. The molecule has 1 aliphatic heterocycles. The summed E-state index contributed by atoms with van der Waals surface area (Å²) in [4.78, 5) is 15.0. The van der Waals surface area contributed by atoms with Crippen LogP contribution in [0.25, 0.3) is 0 Å². The van der Waals surface area contributed by atoms with Gasteiger partial charge in [-0.1, -0.05) is 19.3 Å². The first-order chi connectivity index (χ1) is 12.8. The summed E-state index contributed by atoms with van der Waals surface area (Å²) in [5, 5.41) is 7.59. The third-order valence-corrected chi connectivity index (χ3v) is 6.48. The van der Waals surface area contributed by atoms with Crippen molar-refractivity contribution in [3.05, 3.63) is 17.0 Å². The predicted octanol–water partition coefficient (Wildman–Crippen LogP) is 2.01. The number of hydrogen-bond donors (Lipinski definition) is 1. The number of carbonyl (C=O) groups excluding carboxylic acids is 1. The van der Waals surface area contributed by atoms with E-state index in [2.05, 4.69) is 14.9 Å². The van der Waals surface area contributed by atoms with Crippen LogP contribution in [0.15, 0.2) is 0 Å². The highest BCUT2D eigenvalue weighted by atomic mass is 16.5. The Hall–Kier alpha value is -1.40. The second-order valence-electron chi connectivity index (χ2n) is 8.08. The number of nitrogens with zero attached hydrogens (tertiary/aromatic N) is 3. The summed E-state index contributed by atoms with van der Waals surface area (Å²) < 4.78 is 7.69. The number of fused-ring (bicyclic) bond motifs is 1. The molecule has 144 valence electrons. The van der Waals surface area contributed by atoms with E-state index in [1.165, 1.54) is 43.4 Å². The lowest BCUT2D eigenvalue weighted by Crippen LogP contribution is -2.46. The maximum Gasteiger partial charge on any atom is 0.271 e. The normalized spacial score (nSPS) is 25.0. The smallest absolute Gasteiger partial charge is 0.271 e. The highest BCUT2D eigenvalue weighted by molar-refractivity contribution is 5.93. The van der Waals surface area contributed by atoms with Gasteiger partial charge in [0.25, 0.3) is 5.91 Å². The zero-order valence-electron chi connectivity index (χ0n) is 16.0. The van der Waals surface area contributed by atoms with Crippen LogP contribution in [-0.4, -0.2) is 60.0 Å². The molecule has 2 fully saturated rings. The minimum atomic E-state index is -0.0359. The predicted molar refractivity (Wildman–Crippen MR) is 100 cm³/mol. The van der Waals surface area contributed by atoms with E-state index in [9.17, 15) is 4.79 Å². The van der Waals surface area contributed by atoms with Crippen LogP contribution in [0.1, 0.15) is 60.3 Å². The molecule has 6 nitrogen and oxygen atoms in total. The molecule has 6 heteroatoms. The first-order valence-corrected chi connectivity index (χ1v) is 10.4. The molecule has 2 aliphatic carbocycles. The second kappa shape index (κ2) is 8.09. The number of rotatable bonds is 4. The van der Waals surface area contributed by atoms with Crippen molar-refractivity contribution in [3.63, 3.8) is 0 Å². The van der Waals surface area contributed by atoms with Crippen molar-refractivity contribution in [2.75, 3.05) is 33.4 Å². The van der Waals surface area contributed by atoms with E-state index in [1.54, 1.807) is 7.05 Å². The molecule has 4 rings (SSSR count). The number of amides is 1. The zero-order valence-corrected chi connectivity index (χ0v) is 16.0. The van der Waals surface area contributed by atoms with Gasteiger partial charge in [-0.25, -0.2) is 0 Å².